The van der Waals surface area contributed by atoms with E-state index in [0.29, 0.717) is 12.2 Å². The molecule has 30 heavy (non-hydrogen) atoms. The molecule has 0 spiro atoms. The molecule has 0 unspecified atom stereocenters. The third kappa shape index (κ3) is 4.32. The highest BCUT2D eigenvalue weighted by atomic mass is 16.5. The van der Waals surface area contributed by atoms with Gasteiger partial charge in [0.15, 0.2) is 0 Å². The number of amides is 1. The lowest BCUT2D eigenvalue weighted by Gasteiger charge is -2.26. The van der Waals surface area contributed by atoms with Crippen LogP contribution in [0.5, 0.6) is 0 Å². The number of hydrogen-bond donors (Lipinski definition) is 1. The predicted octanol–water partition coefficient (Wildman–Crippen LogP) is 2.56. The fourth-order valence-electron chi connectivity index (χ4n) is 3.86. The zero-order valence-corrected chi connectivity index (χ0v) is 17.9. The van der Waals surface area contributed by atoms with Crippen LogP contribution in [-0.4, -0.2) is 64.5 Å². The third-order valence-electron chi connectivity index (χ3n) is 5.55. The van der Waals surface area contributed by atoms with Crippen molar-refractivity contribution in [2.45, 2.75) is 13.8 Å². The first-order chi connectivity index (χ1) is 14.5. The second-order valence-corrected chi connectivity index (χ2v) is 7.83. The van der Waals surface area contributed by atoms with Crippen molar-refractivity contribution in [3.63, 3.8) is 0 Å². The topological polar surface area (TPSA) is 64.3 Å². The summed E-state index contributed by atoms with van der Waals surface area (Å²) < 4.78 is 9.16. The quantitative estimate of drug-likeness (QED) is 0.682. The van der Waals surface area contributed by atoms with Gasteiger partial charge in [-0.25, -0.2) is 4.68 Å². The van der Waals surface area contributed by atoms with E-state index in [4.69, 9.17) is 9.84 Å². The molecule has 3 heterocycles. The van der Waals surface area contributed by atoms with Crippen LogP contribution < -0.4 is 5.32 Å². The Hall–Kier alpha value is -2.90. The highest BCUT2D eigenvalue weighted by Gasteiger charge is 2.20. The van der Waals surface area contributed by atoms with Crippen molar-refractivity contribution < 1.29 is 9.53 Å². The second kappa shape index (κ2) is 8.85. The lowest BCUT2D eigenvalue weighted by Crippen LogP contribution is -2.41. The predicted molar refractivity (Wildman–Crippen MR) is 117 cm³/mol. The number of nitrogens with one attached hydrogen (secondary N) is 1. The molecule has 1 aliphatic rings. The summed E-state index contributed by atoms with van der Waals surface area (Å²) >= 11 is 0. The Balaban J connectivity index is 1.60. The average molecular weight is 408 g/mol. The minimum absolute atomic E-state index is 0.115. The van der Waals surface area contributed by atoms with Crippen molar-refractivity contribution in [3.05, 3.63) is 59.4 Å². The van der Waals surface area contributed by atoms with Crippen LogP contribution >= 0.6 is 0 Å². The molecule has 158 valence electrons. The maximum atomic E-state index is 13.1. The van der Waals surface area contributed by atoms with E-state index in [2.05, 4.69) is 23.2 Å². The molecule has 0 atom stereocenters. The highest BCUT2D eigenvalue weighted by Crippen LogP contribution is 2.24. The number of nitrogens with zero attached hydrogens (tertiary/aromatic N) is 4. The minimum Gasteiger partial charge on any atom is -0.379 e. The fourth-order valence-corrected chi connectivity index (χ4v) is 3.86. The molecule has 0 radical (unpaired) electrons. The Labute approximate surface area is 177 Å². The van der Waals surface area contributed by atoms with Gasteiger partial charge in [-0.2, -0.15) is 5.10 Å². The first-order valence-corrected chi connectivity index (χ1v) is 10.4. The number of carbonyl (C=O) groups excluding carboxylic acids is 1. The molecule has 0 aliphatic carbocycles. The molecule has 2 aromatic heterocycles. The van der Waals surface area contributed by atoms with Gasteiger partial charge in [0, 0.05) is 39.4 Å². The smallest absolute Gasteiger partial charge is 0.270 e. The van der Waals surface area contributed by atoms with E-state index in [-0.39, 0.29) is 5.91 Å². The number of morpholine rings is 1. The van der Waals surface area contributed by atoms with Gasteiger partial charge in [0.05, 0.1) is 24.6 Å². The van der Waals surface area contributed by atoms with Gasteiger partial charge in [0.1, 0.15) is 11.4 Å². The summed E-state index contributed by atoms with van der Waals surface area (Å²) in [5.41, 5.74) is 5.47. The van der Waals surface area contributed by atoms with E-state index in [1.165, 1.54) is 5.56 Å². The Bertz CT molecular complexity index is 1030. The van der Waals surface area contributed by atoms with E-state index in [9.17, 15) is 4.79 Å². The van der Waals surface area contributed by atoms with Crippen molar-refractivity contribution >= 4 is 5.91 Å². The van der Waals surface area contributed by atoms with Gasteiger partial charge >= 0.3 is 0 Å². The van der Waals surface area contributed by atoms with Crippen molar-refractivity contribution in [2.75, 3.05) is 39.4 Å². The molecule has 0 bridgehead atoms. The number of carbonyl (C=O) groups is 1. The number of benzene rings is 1. The summed E-state index contributed by atoms with van der Waals surface area (Å²) in [4.78, 5) is 15.4. The molecule has 7 nitrogen and oxygen atoms in total. The second-order valence-electron chi connectivity index (χ2n) is 7.83. The van der Waals surface area contributed by atoms with E-state index < -0.39 is 0 Å². The lowest BCUT2D eigenvalue weighted by molar-refractivity contribution is 0.0383. The Morgan fingerprint density at radius 2 is 1.97 bits per heavy atom. The number of rotatable bonds is 6. The first-order valence-electron chi connectivity index (χ1n) is 10.4. The van der Waals surface area contributed by atoms with Crippen molar-refractivity contribution in [1.29, 1.82) is 0 Å². The molecule has 1 aliphatic heterocycles. The number of hydrogen-bond acceptors (Lipinski definition) is 4. The fraction of sp³-hybridized carbons (Fsp3) is 0.391. The van der Waals surface area contributed by atoms with Crippen molar-refractivity contribution in [1.82, 2.24) is 24.6 Å². The molecular formula is C23H29N5O2. The van der Waals surface area contributed by atoms with Crippen LogP contribution in [0.4, 0.5) is 0 Å². The Kier molecular flexibility index (Phi) is 6.01. The van der Waals surface area contributed by atoms with E-state index in [1.54, 1.807) is 4.68 Å². The minimum atomic E-state index is -0.115. The van der Waals surface area contributed by atoms with Gasteiger partial charge < -0.3 is 14.6 Å². The van der Waals surface area contributed by atoms with Crippen LogP contribution in [0.2, 0.25) is 0 Å². The summed E-state index contributed by atoms with van der Waals surface area (Å²) in [5, 5.41) is 7.87. The van der Waals surface area contributed by atoms with Crippen LogP contribution in [0, 0.1) is 13.8 Å². The molecule has 1 fully saturated rings. The number of aromatic nitrogens is 3. The van der Waals surface area contributed by atoms with Gasteiger partial charge in [-0.1, -0.05) is 17.7 Å². The van der Waals surface area contributed by atoms with E-state index in [0.717, 1.165) is 55.5 Å². The first kappa shape index (κ1) is 20.4. The van der Waals surface area contributed by atoms with Crippen LogP contribution in [0.1, 0.15) is 21.6 Å². The maximum absolute atomic E-state index is 13.1. The summed E-state index contributed by atoms with van der Waals surface area (Å²) in [6.45, 7) is 8.86. The average Bonchev–Trinajstić information content (AvgIpc) is 3.35. The van der Waals surface area contributed by atoms with Crippen molar-refractivity contribution in [2.24, 2.45) is 7.05 Å². The Morgan fingerprint density at radius 3 is 2.67 bits per heavy atom. The van der Waals surface area contributed by atoms with Gasteiger partial charge in [-0.15, -0.1) is 0 Å². The SMILES string of the molecule is Cc1ccc(-n2nc(-c3cccn3C)cc2C(=O)NCCN2CCOCC2)c(C)c1. The molecule has 1 aromatic carbocycles. The maximum Gasteiger partial charge on any atom is 0.270 e. The molecule has 1 amide bonds. The zero-order valence-electron chi connectivity index (χ0n) is 17.9. The van der Waals surface area contributed by atoms with Gasteiger partial charge in [-0.3, -0.25) is 9.69 Å². The Morgan fingerprint density at radius 1 is 1.17 bits per heavy atom. The standard InChI is InChI=1S/C23H29N5O2/c1-17-6-7-20(18(2)15-17)28-22(16-19(25-28)21-5-4-9-26(21)3)23(29)24-8-10-27-11-13-30-14-12-27/h4-7,9,15-16H,8,10-14H2,1-3H3,(H,24,29). The van der Waals surface area contributed by atoms with E-state index >= 15 is 0 Å². The normalized spacial score (nSPS) is 14.8. The molecular weight excluding hydrogens is 378 g/mol. The van der Waals surface area contributed by atoms with Crippen LogP contribution in [0.3, 0.4) is 0 Å². The van der Waals surface area contributed by atoms with Gasteiger partial charge in [0.2, 0.25) is 0 Å². The number of ether oxygens (including phenoxy) is 1. The molecule has 0 saturated carbocycles. The molecule has 1 N–H and O–H groups in total. The van der Waals surface area contributed by atoms with E-state index in [1.807, 2.05) is 55.1 Å². The number of aryl methyl sites for hydroxylation is 3. The van der Waals surface area contributed by atoms with Gasteiger partial charge in [-0.05, 0) is 43.7 Å². The summed E-state index contributed by atoms with van der Waals surface area (Å²) in [7, 11) is 1.98. The zero-order chi connectivity index (χ0) is 21.1. The largest absolute Gasteiger partial charge is 0.379 e. The van der Waals surface area contributed by atoms with Crippen molar-refractivity contribution in [3.8, 4) is 17.1 Å². The third-order valence-corrected chi connectivity index (χ3v) is 5.55. The molecule has 3 aromatic rings. The molecule has 1 saturated heterocycles. The monoisotopic (exact) mass is 407 g/mol. The molecule has 4 rings (SSSR count). The highest BCUT2D eigenvalue weighted by molar-refractivity contribution is 5.94. The lowest BCUT2D eigenvalue weighted by atomic mass is 10.1. The van der Waals surface area contributed by atoms with Gasteiger partial charge in [0.25, 0.3) is 5.91 Å². The van der Waals surface area contributed by atoms with Crippen LogP contribution in [0.25, 0.3) is 17.1 Å². The van der Waals surface area contributed by atoms with Crippen LogP contribution in [0.15, 0.2) is 42.6 Å². The van der Waals surface area contributed by atoms with Crippen LogP contribution in [-0.2, 0) is 11.8 Å². The molecule has 7 heteroatoms. The summed E-state index contributed by atoms with van der Waals surface area (Å²) in [5.74, 6) is -0.115. The summed E-state index contributed by atoms with van der Waals surface area (Å²) in [6.07, 6.45) is 1.98. The summed E-state index contributed by atoms with van der Waals surface area (Å²) in [6, 6.07) is 12.0.